The average molecular weight is 246 g/mol. The summed E-state index contributed by atoms with van der Waals surface area (Å²) in [6.07, 6.45) is 5.47. The SMILES string of the molecule is CC1=[C]([Er])CC=C1. The van der Waals surface area contributed by atoms with Crippen molar-refractivity contribution < 1.29 is 35.4 Å². The fraction of sp³-hybridized carbons (Fsp3) is 0.333. The molecule has 0 N–H and O–H groups in total. The molecule has 0 aromatic rings. The van der Waals surface area contributed by atoms with Crippen LogP contribution in [0.25, 0.3) is 0 Å². The van der Waals surface area contributed by atoms with Gasteiger partial charge in [-0.05, 0) is 0 Å². The Bertz CT molecular complexity index is 131. The van der Waals surface area contributed by atoms with Crippen LogP contribution in [0.15, 0.2) is 19.5 Å². The Morgan fingerprint density at radius 3 is 2.57 bits per heavy atom. The van der Waals surface area contributed by atoms with Crippen LogP contribution in [-0.2, 0) is 0 Å². The molecular formula is C6H7Er. The van der Waals surface area contributed by atoms with Crippen molar-refractivity contribution >= 4 is 0 Å². The van der Waals surface area contributed by atoms with Gasteiger partial charge in [0.2, 0.25) is 0 Å². The van der Waals surface area contributed by atoms with Crippen LogP contribution in [0.1, 0.15) is 13.3 Å². The van der Waals surface area contributed by atoms with Gasteiger partial charge in [0.25, 0.3) is 0 Å². The van der Waals surface area contributed by atoms with E-state index in [1.54, 1.807) is 0 Å². The van der Waals surface area contributed by atoms with Crippen LogP contribution in [0.3, 0.4) is 0 Å². The Hall–Kier alpha value is 0.727. The molecule has 1 rings (SSSR count). The van der Waals surface area contributed by atoms with Crippen LogP contribution in [0.4, 0.5) is 0 Å². The number of rotatable bonds is 0. The molecule has 0 fully saturated rings. The molecule has 0 radical (unpaired) electrons. The fourth-order valence-corrected chi connectivity index (χ4v) is 0.945. The van der Waals surface area contributed by atoms with Crippen molar-refractivity contribution in [2.45, 2.75) is 13.3 Å². The molecule has 0 aromatic heterocycles. The van der Waals surface area contributed by atoms with Crippen LogP contribution < -0.4 is 0 Å². The summed E-state index contributed by atoms with van der Waals surface area (Å²) >= 11 is 2.73. The fourth-order valence-electron chi connectivity index (χ4n) is 0.573. The molecule has 1 heteroatoms. The van der Waals surface area contributed by atoms with Crippen molar-refractivity contribution in [2.24, 2.45) is 0 Å². The first kappa shape index (κ1) is 5.86. The Balaban J connectivity index is 2.79. The van der Waals surface area contributed by atoms with E-state index in [0.717, 1.165) is 6.42 Å². The molecule has 43 valence electrons. The molecule has 0 aliphatic heterocycles. The van der Waals surface area contributed by atoms with Crippen LogP contribution in [-0.4, -0.2) is 0 Å². The summed E-state index contributed by atoms with van der Waals surface area (Å²) in [7, 11) is 0. The zero-order chi connectivity index (χ0) is 5.28. The summed E-state index contributed by atoms with van der Waals surface area (Å²) in [5, 5.41) is 0. The van der Waals surface area contributed by atoms with E-state index >= 15 is 0 Å². The van der Waals surface area contributed by atoms with Gasteiger partial charge in [-0.25, -0.2) is 0 Å². The van der Waals surface area contributed by atoms with Crippen LogP contribution in [0.2, 0.25) is 0 Å². The summed E-state index contributed by atoms with van der Waals surface area (Å²) in [6, 6.07) is 0. The van der Waals surface area contributed by atoms with Gasteiger partial charge in [-0.1, -0.05) is 0 Å². The summed E-state index contributed by atoms with van der Waals surface area (Å²) in [5.74, 6) is 0. The van der Waals surface area contributed by atoms with Gasteiger partial charge in [0.05, 0.1) is 0 Å². The molecule has 0 aromatic carbocycles. The Labute approximate surface area is 67.6 Å². The zero-order valence-corrected chi connectivity index (χ0v) is 6.00. The average Bonchev–Trinajstić information content (AvgIpc) is 1.91. The summed E-state index contributed by atoms with van der Waals surface area (Å²) < 4.78 is 1.43. The third kappa shape index (κ3) is 1.31. The molecule has 0 amide bonds. The number of allylic oxidation sites excluding steroid dienone is 4. The first-order valence-electron chi connectivity index (χ1n) is 2.28. The summed E-state index contributed by atoms with van der Waals surface area (Å²) in [4.78, 5) is 0. The second-order valence-electron chi connectivity index (χ2n) is 1.64. The molecule has 0 atom stereocenters. The molecule has 1 aliphatic carbocycles. The molecule has 0 unspecified atom stereocenters. The molecule has 0 saturated heterocycles. The third-order valence-electron chi connectivity index (χ3n) is 1.04. The Morgan fingerprint density at radius 1 is 1.71 bits per heavy atom. The molecule has 7 heavy (non-hydrogen) atoms. The van der Waals surface area contributed by atoms with Crippen molar-refractivity contribution in [3.8, 4) is 0 Å². The first-order chi connectivity index (χ1) is 3.30. The molecular weight excluding hydrogens is 239 g/mol. The van der Waals surface area contributed by atoms with Crippen molar-refractivity contribution in [1.29, 1.82) is 0 Å². The molecule has 0 bridgehead atoms. The summed E-state index contributed by atoms with van der Waals surface area (Å²) in [6.45, 7) is 2.13. The topological polar surface area (TPSA) is 0 Å². The van der Waals surface area contributed by atoms with E-state index < -0.39 is 0 Å². The quantitative estimate of drug-likeness (QED) is 0.611. The van der Waals surface area contributed by atoms with Crippen molar-refractivity contribution in [2.75, 3.05) is 0 Å². The molecule has 0 heterocycles. The van der Waals surface area contributed by atoms with Gasteiger partial charge in [0.15, 0.2) is 0 Å². The Morgan fingerprint density at radius 2 is 2.43 bits per heavy atom. The van der Waals surface area contributed by atoms with E-state index in [4.69, 9.17) is 0 Å². The van der Waals surface area contributed by atoms with Gasteiger partial charge < -0.3 is 0 Å². The minimum atomic E-state index is 1.14. The van der Waals surface area contributed by atoms with Crippen molar-refractivity contribution in [1.82, 2.24) is 0 Å². The van der Waals surface area contributed by atoms with Gasteiger partial charge in [-0.2, -0.15) is 0 Å². The van der Waals surface area contributed by atoms with Gasteiger partial charge in [-0.15, -0.1) is 0 Å². The van der Waals surface area contributed by atoms with Crippen molar-refractivity contribution in [3.63, 3.8) is 0 Å². The second-order valence-corrected chi connectivity index (χ2v) is 2.76. The van der Waals surface area contributed by atoms with Crippen LogP contribution >= 0.6 is 0 Å². The van der Waals surface area contributed by atoms with E-state index in [9.17, 15) is 0 Å². The van der Waals surface area contributed by atoms with E-state index in [2.05, 4.69) is 54.4 Å². The van der Waals surface area contributed by atoms with E-state index in [1.165, 1.54) is 7.31 Å². The van der Waals surface area contributed by atoms with E-state index in [1.807, 2.05) is 0 Å². The number of hydrogen-bond donors (Lipinski definition) is 0. The van der Waals surface area contributed by atoms with Crippen LogP contribution in [0, 0.1) is 35.4 Å². The zero-order valence-electron chi connectivity index (χ0n) is 4.15. The van der Waals surface area contributed by atoms with Gasteiger partial charge in [0, 0.05) is 0 Å². The second kappa shape index (κ2) is 2.33. The van der Waals surface area contributed by atoms with Gasteiger partial charge in [-0.3, -0.25) is 0 Å². The predicted molar refractivity (Wildman–Crippen MR) is 26.5 cm³/mol. The first-order valence-corrected chi connectivity index (χ1v) is 3.20. The van der Waals surface area contributed by atoms with Gasteiger partial charge in [0.1, 0.15) is 0 Å². The van der Waals surface area contributed by atoms with Crippen molar-refractivity contribution in [3.05, 3.63) is 19.5 Å². The predicted octanol–water partition coefficient (Wildman–Crippen LogP) is 1.77. The molecule has 0 nitrogen and oxygen atoms in total. The Kier molecular flexibility index (Phi) is 1.95. The van der Waals surface area contributed by atoms with E-state index in [-0.39, 0.29) is 0 Å². The minimum absolute atomic E-state index is 1.14. The standard InChI is InChI=1S/C6H7.Er/c1-6-4-2-3-5-6;/h2,4H,3H2,1H3;. The molecule has 0 saturated carbocycles. The van der Waals surface area contributed by atoms with E-state index in [0.29, 0.717) is 0 Å². The maximum atomic E-state index is 2.73. The van der Waals surface area contributed by atoms with Gasteiger partial charge >= 0.3 is 68.2 Å². The molecule has 1 aliphatic rings. The monoisotopic (exact) mass is 245 g/mol. The van der Waals surface area contributed by atoms with Crippen LogP contribution in [0.5, 0.6) is 0 Å². The number of hydrogen-bond acceptors (Lipinski definition) is 0. The summed E-state index contributed by atoms with van der Waals surface area (Å²) in [5.41, 5.74) is 1.41. The normalized spacial score (nSPS) is 19.3. The third-order valence-corrected chi connectivity index (χ3v) is 2.15. The maximum absolute atomic E-state index is 2.73. The molecule has 0 spiro atoms.